The minimum atomic E-state index is -0.593. The minimum Gasteiger partial charge on any atom is -0.444 e. The van der Waals surface area contributed by atoms with Crippen molar-refractivity contribution in [2.45, 2.75) is 64.5 Å². The third-order valence-electron chi connectivity index (χ3n) is 4.36. The van der Waals surface area contributed by atoms with E-state index in [0.29, 0.717) is 12.5 Å². The van der Waals surface area contributed by atoms with E-state index in [1.165, 1.54) is 5.56 Å². The zero-order valence-electron chi connectivity index (χ0n) is 15.7. The summed E-state index contributed by atoms with van der Waals surface area (Å²) in [5, 5.41) is 2.66. The molecule has 0 bridgehead atoms. The molecule has 25 heavy (non-hydrogen) atoms. The second-order valence-electron chi connectivity index (χ2n) is 7.76. The topological polar surface area (TPSA) is 58.6 Å². The van der Waals surface area contributed by atoms with Crippen LogP contribution in [0.25, 0.3) is 0 Å². The minimum absolute atomic E-state index is 0.0475. The normalized spacial score (nSPS) is 19.7. The van der Waals surface area contributed by atoms with Gasteiger partial charge in [-0.25, -0.2) is 4.79 Å². The van der Waals surface area contributed by atoms with Crippen LogP contribution in [0.1, 0.15) is 58.4 Å². The van der Waals surface area contributed by atoms with Gasteiger partial charge in [0.15, 0.2) is 0 Å². The van der Waals surface area contributed by atoms with E-state index >= 15 is 0 Å². The number of ether oxygens (including phenoxy) is 1. The summed E-state index contributed by atoms with van der Waals surface area (Å²) in [5.74, 6) is 0.301. The molecule has 1 N–H and O–H groups in total. The molecule has 5 nitrogen and oxygen atoms in total. The highest BCUT2D eigenvalue weighted by molar-refractivity contribution is 5.85. The van der Waals surface area contributed by atoms with Crippen molar-refractivity contribution in [2.75, 3.05) is 13.1 Å². The zero-order chi connectivity index (χ0) is 18.4. The first-order chi connectivity index (χ1) is 11.8. The van der Waals surface area contributed by atoms with Gasteiger partial charge in [0.25, 0.3) is 0 Å². The third-order valence-corrected chi connectivity index (χ3v) is 4.36. The molecule has 0 aliphatic carbocycles. The van der Waals surface area contributed by atoms with Crippen LogP contribution in [-0.2, 0) is 9.53 Å². The Morgan fingerprint density at radius 2 is 1.88 bits per heavy atom. The predicted octanol–water partition coefficient (Wildman–Crippen LogP) is 3.70. The Kier molecular flexibility index (Phi) is 6.45. The summed E-state index contributed by atoms with van der Waals surface area (Å²) in [6, 6.07) is 9.75. The molecule has 5 heteroatoms. The summed E-state index contributed by atoms with van der Waals surface area (Å²) < 4.78 is 5.24. The molecule has 1 fully saturated rings. The summed E-state index contributed by atoms with van der Waals surface area (Å²) in [5.41, 5.74) is 0.698. The molecule has 1 aromatic carbocycles. The molecule has 0 unspecified atom stereocenters. The lowest BCUT2D eigenvalue weighted by atomic mass is 9.94. The maximum absolute atomic E-state index is 12.8. The summed E-state index contributed by atoms with van der Waals surface area (Å²) in [6.45, 7) is 8.56. The highest BCUT2D eigenvalue weighted by Crippen LogP contribution is 2.26. The molecule has 2 atom stereocenters. The molecule has 138 valence electrons. The number of nitrogens with zero attached hydrogens (tertiary/aromatic N) is 1. The number of nitrogens with one attached hydrogen (secondary N) is 1. The van der Waals surface area contributed by atoms with E-state index in [1.54, 1.807) is 27.7 Å². The number of likely N-dealkylation sites (tertiary alicyclic amines) is 1. The van der Waals surface area contributed by atoms with Gasteiger partial charge in [-0.05, 0) is 46.1 Å². The van der Waals surface area contributed by atoms with Crippen LogP contribution in [0.4, 0.5) is 4.79 Å². The first-order valence-electron chi connectivity index (χ1n) is 9.09. The van der Waals surface area contributed by atoms with Crippen LogP contribution in [0.2, 0.25) is 0 Å². The lowest BCUT2D eigenvalue weighted by Crippen LogP contribution is -2.49. The van der Waals surface area contributed by atoms with Crippen molar-refractivity contribution in [2.24, 2.45) is 0 Å². The molecule has 2 rings (SSSR count). The van der Waals surface area contributed by atoms with Crippen molar-refractivity contribution in [1.29, 1.82) is 0 Å². The molecule has 1 aliphatic heterocycles. The number of carbonyl (C=O) groups excluding carboxylic acids is 2. The van der Waals surface area contributed by atoms with Crippen molar-refractivity contribution in [1.82, 2.24) is 10.2 Å². The second kappa shape index (κ2) is 8.37. The molecule has 0 spiro atoms. The van der Waals surface area contributed by atoms with Crippen LogP contribution in [0.3, 0.4) is 0 Å². The lowest BCUT2D eigenvalue weighted by molar-refractivity contribution is -0.133. The third kappa shape index (κ3) is 6.07. The molecule has 1 saturated heterocycles. The average molecular weight is 346 g/mol. The largest absolute Gasteiger partial charge is 0.444 e. The van der Waals surface area contributed by atoms with Crippen molar-refractivity contribution < 1.29 is 14.3 Å². The van der Waals surface area contributed by atoms with Gasteiger partial charge in [0, 0.05) is 19.0 Å². The van der Waals surface area contributed by atoms with Crippen molar-refractivity contribution in [3.8, 4) is 0 Å². The number of amides is 2. The Morgan fingerprint density at radius 1 is 1.20 bits per heavy atom. The number of alkyl carbamates (subject to hydrolysis) is 1. The monoisotopic (exact) mass is 346 g/mol. The Bertz CT molecular complexity index is 580. The summed E-state index contributed by atoms with van der Waals surface area (Å²) in [4.78, 5) is 26.6. The molecule has 1 aliphatic rings. The van der Waals surface area contributed by atoms with E-state index in [9.17, 15) is 9.59 Å². The Hall–Kier alpha value is -2.04. The predicted molar refractivity (Wildman–Crippen MR) is 98.4 cm³/mol. The number of hydrogen-bond acceptors (Lipinski definition) is 3. The maximum atomic E-state index is 12.8. The van der Waals surface area contributed by atoms with E-state index in [4.69, 9.17) is 4.74 Å². The Balaban J connectivity index is 1.98. The Labute approximate surface area is 150 Å². The number of benzene rings is 1. The summed E-state index contributed by atoms with van der Waals surface area (Å²) >= 11 is 0. The van der Waals surface area contributed by atoms with Gasteiger partial charge < -0.3 is 15.0 Å². The van der Waals surface area contributed by atoms with Gasteiger partial charge >= 0.3 is 6.09 Å². The van der Waals surface area contributed by atoms with Gasteiger partial charge in [-0.3, -0.25) is 4.79 Å². The highest BCUT2D eigenvalue weighted by atomic mass is 16.6. The number of hydrogen-bond donors (Lipinski definition) is 1. The van der Waals surface area contributed by atoms with Gasteiger partial charge in [-0.2, -0.15) is 0 Å². The van der Waals surface area contributed by atoms with Crippen LogP contribution in [0.15, 0.2) is 30.3 Å². The van der Waals surface area contributed by atoms with E-state index in [0.717, 1.165) is 25.8 Å². The first-order valence-corrected chi connectivity index (χ1v) is 9.09. The van der Waals surface area contributed by atoms with Crippen molar-refractivity contribution >= 4 is 12.0 Å². The van der Waals surface area contributed by atoms with Crippen LogP contribution >= 0.6 is 0 Å². The van der Waals surface area contributed by atoms with Gasteiger partial charge in [0.1, 0.15) is 11.6 Å². The van der Waals surface area contributed by atoms with Crippen molar-refractivity contribution in [3.05, 3.63) is 35.9 Å². The van der Waals surface area contributed by atoms with E-state index < -0.39 is 17.7 Å². The van der Waals surface area contributed by atoms with Crippen molar-refractivity contribution in [3.63, 3.8) is 0 Å². The van der Waals surface area contributed by atoms with Gasteiger partial charge in [-0.1, -0.05) is 36.8 Å². The van der Waals surface area contributed by atoms with E-state index in [2.05, 4.69) is 17.4 Å². The van der Waals surface area contributed by atoms with Gasteiger partial charge in [0.2, 0.25) is 5.91 Å². The van der Waals surface area contributed by atoms with Crippen LogP contribution in [0, 0.1) is 0 Å². The Morgan fingerprint density at radius 3 is 2.52 bits per heavy atom. The SMILES string of the molecule is C[C@@H](NC(=O)OC(C)(C)C)C(=O)N1CCCC[C@H](c2ccccc2)C1. The van der Waals surface area contributed by atoms with Gasteiger partial charge in [-0.15, -0.1) is 0 Å². The molecule has 1 aromatic rings. The van der Waals surface area contributed by atoms with Crippen LogP contribution in [0.5, 0.6) is 0 Å². The van der Waals surface area contributed by atoms with E-state index in [1.807, 2.05) is 23.1 Å². The molecule has 0 aromatic heterocycles. The fourth-order valence-electron chi connectivity index (χ4n) is 3.16. The molecule has 1 heterocycles. The smallest absolute Gasteiger partial charge is 0.408 e. The maximum Gasteiger partial charge on any atom is 0.408 e. The molecular formula is C20H30N2O3. The summed E-state index contributed by atoms with van der Waals surface area (Å²) in [7, 11) is 0. The van der Waals surface area contributed by atoms with Crippen LogP contribution in [-0.4, -0.2) is 41.6 Å². The number of carbonyl (C=O) groups is 2. The zero-order valence-corrected chi connectivity index (χ0v) is 15.7. The second-order valence-corrected chi connectivity index (χ2v) is 7.76. The molecule has 0 radical (unpaired) electrons. The fraction of sp³-hybridized carbons (Fsp3) is 0.600. The fourth-order valence-corrected chi connectivity index (χ4v) is 3.16. The highest BCUT2D eigenvalue weighted by Gasteiger charge is 2.28. The quantitative estimate of drug-likeness (QED) is 0.908. The first kappa shape index (κ1) is 19.3. The molecular weight excluding hydrogens is 316 g/mol. The van der Waals surface area contributed by atoms with E-state index in [-0.39, 0.29) is 5.91 Å². The van der Waals surface area contributed by atoms with Crippen LogP contribution < -0.4 is 5.32 Å². The average Bonchev–Trinajstić information content (AvgIpc) is 2.79. The summed E-state index contributed by atoms with van der Waals surface area (Å²) in [6.07, 6.45) is 2.63. The molecule has 2 amide bonds. The lowest BCUT2D eigenvalue weighted by Gasteiger charge is -2.28. The van der Waals surface area contributed by atoms with Gasteiger partial charge in [0.05, 0.1) is 0 Å². The standard InChI is InChI=1S/C20H30N2O3/c1-15(21-19(24)25-20(2,3)4)18(23)22-13-9-8-12-17(14-22)16-10-6-5-7-11-16/h5-7,10-11,15,17H,8-9,12-14H2,1-4H3,(H,21,24)/t15-,17+/m1/s1. The number of rotatable bonds is 3. The molecule has 0 saturated carbocycles.